The van der Waals surface area contributed by atoms with E-state index in [0.29, 0.717) is 5.69 Å². The van der Waals surface area contributed by atoms with E-state index in [1.807, 2.05) is 48.5 Å². The molecule has 98 valence electrons. The van der Waals surface area contributed by atoms with Crippen molar-refractivity contribution in [2.45, 2.75) is 10.8 Å². The Morgan fingerprint density at radius 2 is 1.42 bits per heavy atom. The van der Waals surface area contributed by atoms with Crippen LogP contribution in [-0.2, 0) is 4.79 Å². The van der Waals surface area contributed by atoms with Gasteiger partial charge in [-0.1, -0.05) is 48.5 Å². The SMILES string of the molecule is O=C(Nc1ccccc1)[C@H](Cl)[C@@H](Cl)c1ccccc1. The lowest BCUT2D eigenvalue weighted by atomic mass is 10.1. The molecule has 0 spiro atoms. The first-order chi connectivity index (χ1) is 9.18. The number of nitrogens with one attached hydrogen (secondary N) is 1. The fraction of sp³-hybridized carbons (Fsp3) is 0.133. The molecule has 0 aliphatic heterocycles. The summed E-state index contributed by atoms with van der Waals surface area (Å²) in [6, 6.07) is 18.5. The van der Waals surface area contributed by atoms with Gasteiger partial charge in [0.25, 0.3) is 0 Å². The molecule has 2 rings (SSSR count). The number of hydrogen-bond donors (Lipinski definition) is 1. The number of alkyl halides is 2. The first-order valence-corrected chi connectivity index (χ1v) is 6.75. The lowest BCUT2D eigenvalue weighted by Gasteiger charge is -2.16. The summed E-state index contributed by atoms with van der Waals surface area (Å²) < 4.78 is 0. The summed E-state index contributed by atoms with van der Waals surface area (Å²) in [4.78, 5) is 12.0. The summed E-state index contributed by atoms with van der Waals surface area (Å²) >= 11 is 12.3. The van der Waals surface area contributed by atoms with Crippen molar-refractivity contribution in [1.29, 1.82) is 0 Å². The Morgan fingerprint density at radius 1 is 0.895 bits per heavy atom. The van der Waals surface area contributed by atoms with Gasteiger partial charge in [-0.25, -0.2) is 0 Å². The van der Waals surface area contributed by atoms with Crippen molar-refractivity contribution < 1.29 is 4.79 Å². The van der Waals surface area contributed by atoms with Crippen LogP contribution in [0.25, 0.3) is 0 Å². The summed E-state index contributed by atoms with van der Waals surface area (Å²) in [6.07, 6.45) is 0. The molecule has 4 heteroatoms. The summed E-state index contributed by atoms with van der Waals surface area (Å²) in [7, 11) is 0. The van der Waals surface area contributed by atoms with Gasteiger partial charge >= 0.3 is 0 Å². The average Bonchev–Trinajstić information content (AvgIpc) is 2.47. The van der Waals surface area contributed by atoms with Gasteiger partial charge in [0, 0.05) is 5.69 Å². The fourth-order valence-electron chi connectivity index (χ4n) is 1.67. The minimum absolute atomic E-state index is 0.309. The average molecular weight is 294 g/mol. The van der Waals surface area contributed by atoms with Crippen molar-refractivity contribution in [2.24, 2.45) is 0 Å². The largest absolute Gasteiger partial charge is 0.325 e. The first-order valence-electron chi connectivity index (χ1n) is 5.87. The number of hydrogen-bond acceptors (Lipinski definition) is 1. The standard InChI is InChI=1S/C15H13Cl2NO/c16-13(11-7-3-1-4-8-11)14(17)15(19)18-12-9-5-2-6-10-12/h1-10,13-14H,(H,18,19)/t13-,14+/m0/s1. The molecule has 0 heterocycles. The monoisotopic (exact) mass is 293 g/mol. The molecule has 2 nitrogen and oxygen atoms in total. The maximum Gasteiger partial charge on any atom is 0.244 e. The predicted molar refractivity (Wildman–Crippen MR) is 79.7 cm³/mol. The zero-order valence-electron chi connectivity index (χ0n) is 10.1. The number of carbonyl (C=O) groups is 1. The number of anilines is 1. The second-order valence-corrected chi connectivity index (χ2v) is 5.01. The van der Waals surface area contributed by atoms with Gasteiger partial charge < -0.3 is 5.32 Å². The van der Waals surface area contributed by atoms with Gasteiger partial charge in [-0.2, -0.15) is 0 Å². The van der Waals surface area contributed by atoms with Crippen molar-refractivity contribution in [1.82, 2.24) is 0 Å². The van der Waals surface area contributed by atoms with E-state index >= 15 is 0 Å². The van der Waals surface area contributed by atoms with Crippen LogP contribution in [0.15, 0.2) is 60.7 Å². The topological polar surface area (TPSA) is 29.1 Å². The lowest BCUT2D eigenvalue weighted by Crippen LogP contribution is -2.26. The Bertz CT molecular complexity index is 530. The van der Waals surface area contributed by atoms with Crippen molar-refractivity contribution in [3.05, 3.63) is 66.2 Å². The highest BCUT2D eigenvalue weighted by Crippen LogP contribution is 2.28. The number of amides is 1. The molecule has 0 saturated carbocycles. The van der Waals surface area contributed by atoms with Crippen molar-refractivity contribution >= 4 is 34.8 Å². The zero-order chi connectivity index (χ0) is 13.7. The molecule has 0 aromatic heterocycles. The molecule has 1 N–H and O–H groups in total. The number of benzene rings is 2. The summed E-state index contributed by atoms with van der Waals surface area (Å²) in [5, 5.41) is 1.34. The van der Waals surface area contributed by atoms with Crippen LogP contribution >= 0.6 is 23.2 Å². The minimum Gasteiger partial charge on any atom is -0.325 e. The molecule has 0 bridgehead atoms. The second-order valence-electron chi connectivity index (χ2n) is 4.07. The number of rotatable bonds is 4. The molecule has 2 aromatic carbocycles. The molecule has 0 fully saturated rings. The van der Waals surface area contributed by atoms with Crippen molar-refractivity contribution in [3.63, 3.8) is 0 Å². The molecule has 0 aliphatic carbocycles. The Labute approximate surface area is 122 Å². The highest BCUT2D eigenvalue weighted by Gasteiger charge is 2.25. The van der Waals surface area contributed by atoms with E-state index in [0.717, 1.165) is 5.56 Å². The first kappa shape index (κ1) is 13.9. The van der Waals surface area contributed by atoms with Crippen LogP contribution < -0.4 is 5.32 Å². The Morgan fingerprint density at radius 3 is 2.00 bits per heavy atom. The highest BCUT2D eigenvalue weighted by atomic mass is 35.5. The van der Waals surface area contributed by atoms with E-state index in [9.17, 15) is 4.79 Å². The van der Waals surface area contributed by atoms with Crippen LogP contribution in [-0.4, -0.2) is 11.3 Å². The van der Waals surface area contributed by atoms with Crippen LogP contribution in [0.5, 0.6) is 0 Å². The fourth-order valence-corrected chi connectivity index (χ4v) is 2.13. The molecule has 2 aromatic rings. The van der Waals surface area contributed by atoms with E-state index in [4.69, 9.17) is 23.2 Å². The third-order valence-electron chi connectivity index (χ3n) is 2.67. The number of carbonyl (C=O) groups excluding carboxylic acids is 1. The molecule has 1 amide bonds. The Hall–Kier alpha value is -1.51. The summed E-state index contributed by atoms with van der Waals surface area (Å²) in [6.45, 7) is 0. The van der Waals surface area contributed by atoms with Gasteiger partial charge in [0.15, 0.2) is 0 Å². The number of halogens is 2. The van der Waals surface area contributed by atoms with Gasteiger partial charge in [0.2, 0.25) is 5.91 Å². The van der Waals surface area contributed by atoms with Crippen LogP contribution in [0, 0.1) is 0 Å². The van der Waals surface area contributed by atoms with Gasteiger partial charge in [-0.15, -0.1) is 23.2 Å². The van der Waals surface area contributed by atoms with Crippen LogP contribution in [0.4, 0.5) is 5.69 Å². The Kier molecular flexibility index (Phi) is 4.83. The predicted octanol–water partition coefficient (Wildman–Crippen LogP) is 4.21. The molecule has 0 saturated heterocycles. The molecular weight excluding hydrogens is 281 g/mol. The Balaban J connectivity index is 2.03. The van der Waals surface area contributed by atoms with Gasteiger partial charge in [-0.3, -0.25) is 4.79 Å². The van der Waals surface area contributed by atoms with E-state index in [1.54, 1.807) is 12.1 Å². The van der Waals surface area contributed by atoms with E-state index in [-0.39, 0.29) is 5.91 Å². The quantitative estimate of drug-likeness (QED) is 0.841. The highest BCUT2D eigenvalue weighted by molar-refractivity contribution is 6.38. The third-order valence-corrected chi connectivity index (χ3v) is 3.75. The molecule has 2 atom stereocenters. The third kappa shape index (κ3) is 3.72. The molecule has 0 radical (unpaired) electrons. The molecule has 0 unspecified atom stereocenters. The molecule has 0 aliphatic rings. The van der Waals surface area contributed by atoms with E-state index < -0.39 is 10.8 Å². The second kappa shape index (κ2) is 6.60. The summed E-state index contributed by atoms with van der Waals surface area (Å²) in [5.41, 5.74) is 1.53. The maximum absolute atomic E-state index is 12.0. The van der Waals surface area contributed by atoms with E-state index in [2.05, 4.69) is 5.32 Å². The lowest BCUT2D eigenvalue weighted by molar-refractivity contribution is -0.115. The molecular formula is C15H13Cl2NO. The van der Waals surface area contributed by atoms with Gasteiger partial charge in [0.1, 0.15) is 5.38 Å². The number of para-hydroxylation sites is 1. The molecule has 19 heavy (non-hydrogen) atoms. The van der Waals surface area contributed by atoms with Crippen molar-refractivity contribution in [2.75, 3.05) is 5.32 Å². The van der Waals surface area contributed by atoms with E-state index in [1.165, 1.54) is 0 Å². The van der Waals surface area contributed by atoms with Crippen LogP contribution in [0.2, 0.25) is 0 Å². The van der Waals surface area contributed by atoms with Crippen LogP contribution in [0.3, 0.4) is 0 Å². The normalized spacial score (nSPS) is 13.6. The van der Waals surface area contributed by atoms with Crippen LogP contribution in [0.1, 0.15) is 10.9 Å². The zero-order valence-corrected chi connectivity index (χ0v) is 11.6. The smallest absolute Gasteiger partial charge is 0.244 e. The maximum atomic E-state index is 12.0. The summed E-state index contributed by atoms with van der Waals surface area (Å²) in [5.74, 6) is -0.309. The minimum atomic E-state index is -0.829. The van der Waals surface area contributed by atoms with Crippen molar-refractivity contribution in [3.8, 4) is 0 Å². The van der Waals surface area contributed by atoms with Gasteiger partial charge in [-0.05, 0) is 17.7 Å². The van der Waals surface area contributed by atoms with Gasteiger partial charge in [0.05, 0.1) is 5.38 Å².